The average molecular weight is 340 g/mol. The van der Waals surface area contributed by atoms with Crippen molar-refractivity contribution in [3.8, 4) is 0 Å². The lowest BCUT2D eigenvalue weighted by molar-refractivity contribution is 0.153. The van der Waals surface area contributed by atoms with Gasteiger partial charge in [0.1, 0.15) is 0 Å². The number of aromatic nitrogens is 2. The van der Waals surface area contributed by atoms with E-state index < -0.39 is 0 Å². The van der Waals surface area contributed by atoms with Crippen molar-refractivity contribution in [3.05, 3.63) is 63.5 Å². The predicted molar refractivity (Wildman–Crippen MR) is 97.3 cm³/mol. The lowest BCUT2D eigenvalue weighted by Crippen LogP contribution is -2.45. The molecule has 1 fully saturated rings. The number of pyridine rings is 1. The first-order valence-electron chi connectivity index (χ1n) is 8.15. The topological polar surface area (TPSA) is 50.2 Å². The number of thiazole rings is 1. The summed E-state index contributed by atoms with van der Waals surface area (Å²) in [7, 11) is 1.83. The van der Waals surface area contributed by atoms with Gasteiger partial charge in [-0.05, 0) is 29.3 Å². The van der Waals surface area contributed by atoms with Crippen LogP contribution in [0.1, 0.15) is 17.2 Å². The van der Waals surface area contributed by atoms with Gasteiger partial charge in [0, 0.05) is 51.7 Å². The quantitative estimate of drug-likeness (QED) is 0.794. The number of nitrogens with one attached hydrogen (secondary N) is 1. The standard InChI is InChI=1S/C18H20N4OS/c1-21-15-5-4-13(9-17(15)24-18(21)23)12-22-8-7-20-11-16(22)14-3-2-6-19-10-14/h2-6,9-10,16,20H,7-8,11-12H2,1H3. The molecule has 0 saturated carbocycles. The Balaban J connectivity index is 1.62. The molecule has 1 aliphatic rings. The monoisotopic (exact) mass is 340 g/mol. The number of piperazine rings is 1. The van der Waals surface area contributed by atoms with Gasteiger partial charge in [-0.3, -0.25) is 14.7 Å². The highest BCUT2D eigenvalue weighted by atomic mass is 32.1. The maximum Gasteiger partial charge on any atom is 0.307 e. The van der Waals surface area contributed by atoms with Crippen molar-refractivity contribution >= 4 is 21.6 Å². The van der Waals surface area contributed by atoms with E-state index in [9.17, 15) is 4.79 Å². The van der Waals surface area contributed by atoms with Gasteiger partial charge in [-0.15, -0.1) is 0 Å². The molecule has 3 aromatic rings. The molecule has 1 aliphatic heterocycles. The number of nitrogens with zero attached hydrogens (tertiary/aromatic N) is 3. The molecule has 0 spiro atoms. The molecule has 0 amide bonds. The number of hydrogen-bond acceptors (Lipinski definition) is 5. The summed E-state index contributed by atoms with van der Waals surface area (Å²) in [5.74, 6) is 0. The molecule has 2 aromatic heterocycles. The van der Waals surface area contributed by atoms with Gasteiger partial charge in [-0.25, -0.2) is 0 Å². The third kappa shape index (κ3) is 2.88. The fourth-order valence-corrected chi connectivity index (χ4v) is 4.29. The number of benzene rings is 1. The molecular formula is C18H20N4OS. The Labute approximate surface area is 144 Å². The smallest absolute Gasteiger partial charge is 0.307 e. The van der Waals surface area contributed by atoms with Gasteiger partial charge >= 0.3 is 4.87 Å². The van der Waals surface area contributed by atoms with E-state index in [1.807, 2.05) is 25.5 Å². The van der Waals surface area contributed by atoms with Crippen LogP contribution in [0.15, 0.2) is 47.5 Å². The maximum atomic E-state index is 11.8. The maximum absolute atomic E-state index is 11.8. The summed E-state index contributed by atoms with van der Waals surface area (Å²) >= 11 is 1.32. The second kappa shape index (κ2) is 6.47. The van der Waals surface area contributed by atoms with E-state index >= 15 is 0 Å². The van der Waals surface area contributed by atoms with Crippen LogP contribution in [0, 0.1) is 0 Å². The van der Waals surface area contributed by atoms with Crippen molar-refractivity contribution in [1.82, 2.24) is 19.8 Å². The Morgan fingerprint density at radius 2 is 2.29 bits per heavy atom. The van der Waals surface area contributed by atoms with Gasteiger partial charge in [0.25, 0.3) is 0 Å². The third-order valence-corrected chi connectivity index (χ3v) is 5.66. The average Bonchev–Trinajstić information content (AvgIpc) is 2.90. The van der Waals surface area contributed by atoms with Crippen molar-refractivity contribution in [2.75, 3.05) is 19.6 Å². The van der Waals surface area contributed by atoms with Crippen LogP contribution in [0.5, 0.6) is 0 Å². The van der Waals surface area contributed by atoms with Crippen LogP contribution in [0.25, 0.3) is 10.2 Å². The van der Waals surface area contributed by atoms with Crippen molar-refractivity contribution in [1.29, 1.82) is 0 Å². The second-order valence-electron chi connectivity index (χ2n) is 6.21. The predicted octanol–water partition coefficient (Wildman–Crippen LogP) is 2.14. The highest BCUT2D eigenvalue weighted by molar-refractivity contribution is 7.16. The summed E-state index contributed by atoms with van der Waals surface area (Å²) in [6, 6.07) is 10.8. The molecule has 0 radical (unpaired) electrons. The van der Waals surface area contributed by atoms with E-state index in [0.717, 1.165) is 36.4 Å². The summed E-state index contributed by atoms with van der Waals surface area (Å²) in [6.07, 6.45) is 3.77. The van der Waals surface area contributed by atoms with Gasteiger partial charge in [0.05, 0.1) is 10.2 Å². The molecule has 1 N–H and O–H groups in total. The van der Waals surface area contributed by atoms with Crippen molar-refractivity contribution in [2.45, 2.75) is 12.6 Å². The largest absolute Gasteiger partial charge is 0.314 e. The van der Waals surface area contributed by atoms with Crippen LogP contribution >= 0.6 is 11.3 Å². The molecule has 0 aliphatic carbocycles. The molecule has 0 bridgehead atoms. The Hall–Kier alpha value is -2.02. The van der Waals surface area contributed by atoms with Gasteiger partial charge in [-0.2, -0.15) is 0 Å². The van der Waals surface area contributed by atoms with Crippen molar-refractivity contribution in [3.63, 3.8) is 0 Å². The normalized spacial score (nSPS) is 19.0. The minimum absolute atomic E-state index is 0.0950. The zero-order valence-corrected chi connectivity index (χ0v) is 14.4. The van der Waals surface area contributed by atoms with Crippen LogP contribution < -0.4 is 10.2 Å². The van der Waals surface area contributed by atoms with Crippen LogP contribution in [0.2, 0.25) is 0 Å². The molecule has 4 rings (SSSR count). The Bertz CT molecular complexity index is 902. The summed E-state index contributed by atoms with van der Waals surface area (Å²) in [6.45, 7) is 3.82. The highest BCUT2D eigenvalue weighted by Gasteiger charge is 2.24. The van der Waals surface area contributed by atoms with E-state index in [-0.39, 0.29) is 4.87 Å². The molecule has 1 unspecified atom stereocenters. The van der Waals surface area contributed by atoms with E-state index in [1.54, 1.807) is 4.57 Å². The molecular weight excluding hydrogens is 320 g/mol. The minimum Gasteiger partial charge on any atom is -0.314 e. The molecule has 1 saturated heterocycles. The molecule has 1 atom stereocenters. The van der Waals surface area contributed by atoms with Crippen molar-refractivity contribution < 1.29 is 0 Å². The Morgan fingerprint density at radius 3 is 3.12 bits per heavy atom. The molecule has 124 valence electrons. The van der Waals surface area contributed by atoms with Gasteiger partial charge in [0.2, 0.25) is 0 Å². The second-order valence-corrected chi connectivity index (χ2v) is 7.20. The Kier molecular flexibility index (Phi) is 4.18. The number of rotatable bonds is 3. The van der Waals surface area contributed by atoms with E-state index in [1.165, 1.54) is 22.5 Å². The van der Waals surface area contributed by atoms with E-state index in [2.05, 4.69) is 39.5 Å². The van der Waals surface area contributed by atoms with Crippen LogP contribution in [0.3, 0.4) is 0 Å². The van der Waals surface area contributed by atoms with Crippen LogP contribution in [-0.4, -0.2) is 34.1 Å². The van der Waals surface area contributed by atoms with Gasteiger partial charge in [0.15, 0.2) is 0 Å². The first-order chi connectivity index (χ1) is 11.7. The zero-order chi connectivity index (χ0) is 16.5. The first-order valence-corrected chi connectivity index (χ1v) is 8.97. The molecule has 3 heterocycles. The summed E-state index contributed by atoms with van der Waals surface area (Å²) < 4.78 is 2.78. The van der Waals surface area contributed by atoms with Gasteiger partial charge < -0.3 is 9.88 Å². The highest BCUT2D eigenvalue weighted by Crippen LogP contribution is 2.25. The lowest BCUT2D eigenvalue weighted by Gasteiger charge is -2.36. The summed E-state index contributed by atoms with van der Waals surface area (Å²) in [5.41, 5.74) is 3.51. The van der Waals surface area contributed by atoms with Crippen LogP contribution in [-0.2, 0) is 13.6 Å². The lowest BCUT2D eigenvalue weighted by atomic mass is 10.0. The first kappa shape index (κ1) is 15.5. The van der Waals surface area contributed by atoms with Gasteiger partial charge in [-0.1, -0.05) is 23.5 Å². The van der Waals surface area contributed by atoms with Crippen LogP contribution in [0.4, 0.5) is 0 Å². The molecule has 1 aromatic carbocycles. The molecule has 24 heavy (non-hydrogen) atoms. The summed E-state index contributed by atoms with van der Waals surface area (Å²) in [5, 5.41) is 3.48. The summed E-state index contributed by atoms with van der Waals surface area (Å²) in [4.78, 5) is 18.7. The Morgan fingerprint density at radius 1 is 1.38 bits per heavy atom. The van der Waals surface area contributed by atoms with Crippen molar-refractivity contribution in [2.24, 2.45) is 7.05 Å². The number of fused-ring (bicyclic) bond motifs is 1. The zero-order valence-electron chi connectivity index (χ0n) is 13.6. The fraction of sp³-hybridized carbons (Fsp3) is 0.333. The third-order valence-electron chi connectivity index (χ3n) is 4.67. The van der Waals surface area contributed by atoms with E-state index in [0.29, 0.717) is 6.04 Å². The minimum atomic E-state index is 0.0950. The number of aryl methyl sites for hydroxylation is 1. The SMILES string of the molecule is Cn1c(=O)sc2cc(CN3CCNCC3c3cccnc3)ccc21. The fourth-order valence-electron chi connectivity index (χ4n) is 3.35. The van der Waals surface area contributed by atoms with E-state index in [4.69, 9.17) is 0 Å². The molecule has 6 heteroatoms. The molecule has 5 nitrogen and oxygen atoms in total. The number of hydrogen-bond donors (Lipinski definition) is 1.